The second kappa shape index (κ2) is 3.16. The van der Waals surface area contributed by atoms with E-state index in [1.54, 1.807) is 11.3 Å². The topological polar surface area (TPSA) is 50.7 Å². The lowest BCUT2D eigenvalue weighted by Crippen LogP contribution is -1.87. The molecule has 2 rings (SSSR count). The number of nitrogens with one attached hydrogen (secondary N) is 1. The molecule has 0 atom stereocenters. The Balaban J connectivity index is 2.20. The number of thiophene rings is 1. The van der Waals surface area contributed by atoms with E-state index in [1.807, 2.05) is 12.3 Å². The van der Waals surface area contributed by atoms with E-state index in [-0.39, 0.29) is 0 Å². The van der Waals surface area contributed by atoms with Crippen LogP contribution in [0.3, 0.4) is 0 Å². The van der Waals surface area contributed by atoms with Crippen molar-refractivity contribution in [3.63, 3.8) is 0 Å². The summed E-state index contributed by atoms with van der Waals surface area (Å²) in [5, 5.41) is 14.3. The van der Waals surface area contributed by atoms with Gasteiger partial charge in [-0.2, -0.15) is 0 Å². The first-order chi connectivity index (χ1) is 5.86. The lowest BCUT2D eigenvalue weighted by Gasteiger charge is -1.96. The molecule has 0 saturated heterocycles. The van der Waals surface area contributed by atoms with Gasteiger partial charge in [0.25, 0.3) is 0 Å². The lowest BCUT2D eigenvalue weighted by atomic mass is 10.4. The summed E-state index contributed by atoms with van der Waals surface area (Å²) in [7, 11) is 0. The molecule has 6 heteroatoms. The number of aryl methyl sites for hydroxylation is 1. The molecule has 1 N–H and O–H groups in total. The molecule has 0 unspecified atom stereocenters. The van der Waals surface area contributed by atoms with Crippen LogP contribution in [0.2, 0.25) is 0 Å². The highest BCUT2D eigenvalue weighted by atomic mass is 32.1. The lowest BCUT2D eigenvalue weighted by molar-refractivity contribution is 0.961. The maximum Gasteiger partial charge on any atom is 0.230 e. The Morgan fingerprint density at radius 1 is 1.50 bits per heavy atom. The van der Waals surface area contributed by atoms with Crippen LogP contribution in [0.1, 0.15) is 5.56 Å². The minimum Gasteiger partial charge on any atom is -0.320 e. The molecule has 62 valence electrons. The standard InChI is InChI=1S/C6H6N4S2/c1-4-2-3-11-5(4)7-6-8-9-10-12-6/h2-3H,1H3,(H,7,8,10). The van der Waals surface area contributed by atoms with Crippen LogP contribution in [0.5, 0.6) is 0 Å². The first-order valence-corrected chi connectivity index (χ1v) is 4.98. The van der Waals surface area contributed by atoms with Gasteiger partial charge in [0.05, 0.1) is 5.00 Å². The van der Waals surface area contributed by atoms with Crippen molar-refractivity contribution < 1.29 is 0 Å². The van der Waals surface area contributed by atoms with E-state index in [0.717, 1.165) is 10.1 Å². The summed E-state index contributed by atoms with van der Waals surface area (Å²) in [6.07, 6.45) is 0. The molecule has 12 heavy (non-hydrogen) atoms. The molecule has 0 saturated carbocycles. The zero-order valence-electron chi connectivity index (χ0n) is 6.31. The van der Waals surface area contributed by atoms with Gasteiger partial charge in [0, 0.05) is 11.5 Å². The van der Waals surface area contributed by atoms with E-state index >= 15 is 0 Å². The zero-order chi connectivity index (χ0) is 8.39. The Hall–Kier alpha value is -1.01. The van der Waals surface area contributed by atoms with Crippen molar-refractivity contribution in [2.75, 3.05) is 5.32 Å². The van der Waals surface area contributed by atoms with Crippen LogP contribution in [0.15, 0.2) is 11.4 Å². The molecular weight excluding hydrogens is 192 g/mol. The van der Waals surface area contributed by atoms with Gasteiger partial charge in [-0.1, -0.05) is 9.59 Å². The van der Waals surface area contributed by atoms with Crippen LogP contribution in [0.25, 0.3) is 0 Å². The minimum absolute atomic E-state index is 0.737. The van der Waals surface area contributed by atoms with Crippen molar-refractivity contribution in [2.24, 2.45) is 0 Å². The Morgan fingerprint density at radius 3 is 3.00 bits per heavy atom. The van der Waals surface area contributed by atoms with Crippen LogP contribution in [0.4, 0.5) is 10.1 Å². The first-order valence-electron chi connectivity index (χ1n) is 3.32. The van der Waals surface area contributed by atoms with Gasteiger partial charge in [-0.25, -0.2) is 0 Å². The summed E-state index contributed by atoms with van der Waals surface area (Å²) in [5.41, 5.74) is 1.22. The van der Waals surface area contributed by atoms with E-state index in [9.17, 15) is 0 Å². The second-order valence-electron chi connectivity index (χ2n) is 2.23. The molecular formula is C6H6N4S2. The molecule has 0 aliphatic heterocycles. The normalized spacial score (nSPS) is 10.1. The average Bonchev–Trinajstić information content (AvgIpc) is 2.65. The van der Waals surface area contributed by atoms with Gasteiger partial charge in [-0.05, 0) is 29.1 Å². The molecule has 0 bridgehead atoms. The molecule has 2 aromatic rings. The molecule has 4 nitrogen and oxygen atoms in total. The highest BCUT2D eigenvalue weighted by Crippen LogP contribution is 2.25. The van der Waals surface area contributed by atoms with E-state index in [1.165, 1.54) is 17.1 Å². The first kappa shape index (κ1) is 7.63. The van der Waals surface area contributed by atoms with E-state index in [2.05, 4.69) is 26.2 Å². The average molecular weight is 198 g/mol. The van der Waals surface area contributed by atoms with Crippen LogP contribution in [-0.4, -0.2) is 14.8 Å². The van der Waals surface area contributed by atoms with Crippen molar-refractivity contribution >= 4 is 33.0 Å². The largest absolute Gasteiger partial charge is 0.320 e. The SMILES string of the molecule is Cc1ccsc1Nc1nnns1. The molecule has 0 radical (unpaired) electrons. The third-order valence-electron chi connectivity index (χ3n) is 1.38. The fourth-order valence-electron chi connectivity index (χ4n) is 0.780. The highest BCUT2D eigenvalue weighted by molar-refractivity contribution is 7.15. The third-order valence-corrected chi connectivity index (χ3v) is 2.83. The van der Waals surface area contributed by atoms with Crippen LogP contribution < -0.4 is 5.32 Å². The number of rotatable bonds is 2. The summed E-state index contributed by atoms with van der Waals surface area (Å²) < 4.78 is 3.66. The monoisotopic (exact) mass is 198 g/mol. The third kappa shape index (κ3) is 1.44. The molecule has 2 aromatic heterocycles. The maximum atomic E-state index is 3.79. The molecule has 0 aliphatic rings. The predicted molar refractivity (Wildman–Crippen MR) is 50.0 cm³/mol. The van der Waals surface area contributed by atoms with Gasteiger partial charge < -0.3 is 5.32 Å². The Labute approximate surface area is 77.4 Å². The van der Waals surface area contributed by atoms with Crippen molar-refractivity contribution in [1.82, 2.24) is 14.8 Å². The molecule has 2 heterocycles. The quantitative estimate of drug-likeness (QED) is 0.802. The summed E-state index contributed by atoms with van der Waals surface area (Å²) in [4.78, 5) is 0. The van der Waals surface area contributed by atoms with E-state index < -0.39 is 0 Å². The van der Waals surface area contributed by atoms with Crippen molar-refractivity contribution in [3.8, 4) is 0 Å². The number of nitrogens with zero attached hydrogens (tertiary/aromatic N) is 3. The number of hydrogen-bond acceptors (Lipinski definition) is 6. The maximum absolute atomic E-state index is 3.79. The van der Waals surface area contributed by atoms with Gasteiger partial charge >= 0.3 is 0 Å². The van der Waals surface area contributed by atoms with Gasteiger partial charge in [0.2, 0.25) is 5.13 Å². The predicted octanol–water partition coefficient (Wildman–Crippen LogP) is 2.05. The number of hydrogen-bond donors (Lipinski definition) is 1. The zero-order valence-corrected chi connectivity index (χ0v) is 7.95. The highest BCUT2D eigenvalue weighted by Gasteiger charge is 2.02. The smallest absolute Gasteiger partial charge is 0.230 e. The number of aromatic nitrogens is 3. The summed E-state index contributed by atoms with van der Waals surface area (Å²) in [6.45, 7) is 2.05. The fraction of sp³-hybridized carbons (Fsp3) is 0.167. The van der Waals surface area contributed by atoms with Crippen LogP contribution in [-0.2, 0) is 0 Å². The molecule has 0 spiro atoms. The molecule has 0 amide bonds. The summed E-state index contributed by atoms with van der Waals surface area (Å²) >= 11 is 2.90. The van der Waals surface area contributed by atoms with Crippen molar-refractivity contribution in [3.05, 3.63) is 17.0 Å². The Kier molecular flexibility index (Phi) is 2.01. The van der Waals surface area contributed by atoms with E-state index in [0.29, 0.717) is 0 Å². The Morgan fingerprint density at radius 2 is 2.42 bits per heavy atom. The molecule has 0 fully saturated rings. The van der Waals surface area contributed by atoms with Crippen LogP contribution >= 0.6 is 22.9 Å². The van der Waals surface area contributed by atoms with Gasteiger partial charge in [-0.3, -0.25) is 0 Å². The van der Waals surface area contributed by atoms with Gasteiger partial charge in [-0.15, -0.1) is 11.3 Å². The van der Waals surface area contributed by atoms with E-state index in [4.69, 9.17) is 0 Å². The van der Waals surface area contributed by atoms with Gasteiger partial charge in [0.1, 0.15) is 0 Å². The molecule has 0 aromatic carbocycles. The summed E-state index contributed by atoms with van der Waals surface area (Å²) in [5.74, 6) is 0. The van der Waals surface area contributed by atoms with Crippen LogP contribution in [0, 0.1) is 6.92 Å². The number of anilines is 2. The summed E-state index contributed by atoms with van der Waals surface area (Å²) in [6, 6.07) is 2.06. The minimum atomic E-state index is 0.737. The van der Waals surface area contributed by atoms with Crippen molar-refractivity contribution in [2.45, 2.75) is 6.92 Å². The fourth-order valence-corrected chi connectivity index (χ4v) is 2.03. The Bertz CT molecular complexity index is 353. The van der Waals surface area contributed by atoms with Gasteiger partial charge in [0.15, 0.2) is 0 Å². The molecule has 0 aliphatic carbocycles. The van der Waals surface area contributed by atoms with Crippen molar-refractivity contribution in [1.29, 1.82) is 0 Å². The second-order valence-corrected chi connectivity index (χ2v) is 3.87.